The molecule has 0 radical (unpaired) electrons. The van der Waals surface area contributed by atoms with Crippen LogP contribution in [0.5, 0.6) is 0 Å². The second-order valence-corrected chi connectivity index (χ2v) is 9.05. The van der Waals surface area contributed by atoms with Crippen LogP contribution >= 0.6 is 76.2 Å². The molecule has 0 heterocycles. The lowest BCUT2D eigenvalue weighted by molar-refractivity contribution is 0.237. The Bertz CT molecular complexity index is 515. The van der Waals surface area contributed by atoms with Gasteiger partial charge in [-0.15, -0.1) is 0 Å². The van der Waals surface area contributed by atoms with Gasteiger partial charge in [0.2, 0.25) is 0 Å². The van der Waals surface area contributed by atoms with E-state index in [4.69, 9.17) is 67.1 Å². The summed E-state index contributed by atoms with van der Waals surface area (Å²) in [5, 5.41) is 0.205. The van der Waals surface area contributed by atoms with E-state index < -0.39 is 6.80 Å². The molecular formula is C10H10Cl5O3PS. The van der Waals surface area contributed by atoms with Crippen molar-refractivity contribution in [2.24, 2.45) is 0 Å². The van der Waals surface area contributed by atoms with Crippen molar-refractivity contribution in [2.45, 2.75) is 18.7 Å². The van der Waals surface area contributed by atoms with Gasteiger partial charge in [0.25, 0.3) is 0 Å². The summed E-state index contributed by atoms with van der Waals surface area (Å²) >= 11 is 30.7. The first-order chi connectivity index (χ1) is 9.27. The maximum atomic E-state index is 12.5. The Balaban J connectivity index is 3.30. The van der Waals surface area contributed by atoms with Gasteiger partial charge in [0.15, 0.2) is 0 Å². The van der Waals surface area contributed by atoms with E-state index in [2.05, 4.69) is 0 Å². The van der Waals surface area contributed by atoms with Gasteiger partial charge in [-0.2, -0.15) is 0 Å². The lowest BCUT2D eigenvalue weighted by Gasteiger charge is -2.18. The smallest absolute Gasteiger partial charge is 0.301 e. The van der Waals surface area contributed by atoms with Crippen LogP contribution in [0.15, 0.2) is 4.90 Å². The second-order valence-electron chi connectivity index (χ2n) is 3.27. The summed E-state index contributed by atoms with van der Waals surface area (Å²) in [6, 6.07) is 0. The molecule has 0 saturated heterocycles. The quantitative estimate of drug-likeness (QED) is 0.277. The van der Waals surface area contributed by atoms with Crippen LogP contribution in [0.2, 0.25) is 25.1 Å². The van der Waals surface area contributed by atoms with Crippen LogP contribution < -0.4 is 0 Å². The first-order valence-corrected chi connectivity index (χ1v) is 10.2. The van der Waals surface area contributed by atoms with Gasteiger partial charge in [0.1, 0.15) is 0 Å². The lowest BCUT2D eigenvalue weighted by Crippen LogP contribution is -1.93. The maximum absolute atomic E-state index is 12.5. The van der Waals surface area contributed by atoms with Gasteiger partial charge in [-0.05, 0) is 25.2 Å². The molecule has 0 aliphatic rings. The molecule has 0 unspecified atom stereocenters. The highest BCUT2D eigenvalue weighted by atomic mass is 35.5. The molecule has 1 aromatic rings. The highest BCUT2D eigenvalue weighted by Gasteiger charge is 2.31. The van der Waals surface area contributed by atoms with Crippen LogP contribution in [0.4, 0.5) is 0 Å². The Morgan fingerprint density at radius 2 is 1.20 bits per heavy atom. The van der Waals surface area contributed by atoms with E-state index in [1.807, 2.05) is 0 Å². The monoisotopic (exact) mass is 416 g/mol. The molecule has 0 N–H and O–H groups in total. The normalized spacial score (nSPS) is 11.9. The average molecular weight is 418 g/mol. The van der Waals surface area contributed by atoms with Gasteiger partial charge in [0, 0.05) is 0 Å². The molecule has 0 amide bonds. The van der Waals surface area contributed by atoms with Crippen LogP contribution in [0.25, 0.3) is 0 Å². The summed E-state index contributed by atoms with van der Waals surface area (Å²) in [4.78, 5) is 0.206. The molecule has 20 heavy (non-hydrogen) atoms. The Hall–Kier alpha value is 1.17. The van der Waals surface area contributed by atoms with Crippen LogP contribution in [0.3, 0.4) is 0 Å². The van der Waals surface area contributed by atoms with E-state index in [-0.39, 0.29) is 43.2 Å². The molecule has 1 rings (SSSR count). The fourth-order valence-corrected chi connectivity index (χ4v) is 6.56. The predicted molar refractivity (Wildman–Crippen MR) is 88.2 cm³/mol. The zero-order valence-electron chi connectivity index (χ0n) is 10.4. The number of halogens is 5. The molecule has 0 aromatic heterocycles. The minimum absolute atomic E-state index is 0.0322. The average Bonchev–Trinajstić information content (AvgIpc) is 2.40. The number of hydrogen-bond donors (Lipinski definition) is 0. The third kappa shape index (κ3) is 4.34. The topological polar surface area (TPSA) is 35.5 Å². The molecule has 0 atom stereocenters. The Kier molecular flexibility index (Phi) is 7.82. The summed E-state index contributed by atoms with van der Waals surface area (Å²) in [6.45, 7) is 0.327. The van der Waals surface area contributed by atoms with E-state index in [1.165, 1.54) is 0 Å². The van der Waals surface area contributed by atoms with Crippen LogP contribution in [-0.2, 0) is 13.6 Å². The van der Waals surface area contributed by atoms with Crippen molar-refractivity contribution in [3.63, 3.8) is 0 Å². The fourth-order valence-electron chi connectivity index (χ4n) is 1.18. The molecule has 0 fully saturated rings. The van der Waals surface area contributed by atoms with Gasteiger partial charge < -0.3 is 9.05 Å². The van der Waals surface area contributed by atoms with Crippen molar-refractivity contribution in [2.75, 3.05) is 13.2 Å². The molecule has 114 valence electrons. The van der Waals surface area contributed by atoms with E-state index in [0.29, 0.717) is 0 Å². The summed E-state index contributed by atoms with van der Waals surface area (Å²) < 4.78 is 22.8. The van der Waals surface area contributed by atoms with Crippen molar-refractivity contribution in [1.82, 2.24) is 0 Å². The first kappa shape index (κ1) is 19.2. The van der Waals surface area contributed by atoms with Crippen molar-refractivity contribution in [1.29, 1.82) is 0 Å². The number of benzene rings is 1. The van der Waals surface area contributed by atoms with Crippen LogP contribution in [0, 0.1) is 0 Å². The molecular weight excluding hydrogens is 408 g/mol. The largest absolute Gasteiger partial charge is 0.393 e. The van der Waals surface area contributed by atoms with Gasteiger partial charge in [-0.3, -0.25) is 0 Å². The summed E-state index contributed by atoms with van der Waals surface area (Å²) in [5.74, 6) is 0. The highest BCUT2D eigenvalue weighted by molar-refractivity contribution is 8.55. The third-order valence-corrected chi connectivity index (χ3v) is 8.26. The van der Waals surface area contributed by atoms with E-state index in [0.717, 1.165) is 11.4 Å². The van der Waals surface area contributed by atoms with Crippen molar-refractivity contribution >= 4 is 76.2 Å². The molecule has 1 aromatic carbocycles. The van der Waals surface area contributed by atoms with Gasteiger partial charge >= 0.3 is 6.80 Å². The molecule has 0 spiro atoms. The molecule has 3 nitrogen and oxygen atoms in total. The minimum Gasteiger partial charge on any atom is -0.301 e. The first-order valence-electron chi connectivity index (χ1n) is 5.37. The Morgan fingerprint density at radius 1 is 0.850 bits per heavy atom. The van der Waals surface area contributed by atoms with Crippen LogP contribution in [-0.4, -0.2) is 13.2 Å². The highest BCUT2D eigenvalue weighted by Crippen LogP contribution is 2.66. The minimum atomic E-state index is -3.46. The summed E-state index contributed by atoms with van der Waals surface area (Å²) in [6.07, 6.45) is 0. The van der Waals surface area contributed by atoms with Crippen molar-refractivity contribution in [3.8, 4) is 0 Å². The van der Waals surface area contributed by atoms with Crippen molar-refractivity contribution < 1.29 is 13.6 Å². The Morgan fingerprint density at radius 3 is 1.55 bits per heavy atom. The third-order valence-electron chi connectivity index (χ3n) is 1.95. The van der Waals surface area contributed by atoms with E-state index >= 15 is 0 Å². The molecule has 0 aliphatic heterocycles. The van der Waals surface area contributed by atoms with Gasteiger partial charge in [0.05, 0.1) is 43.2 Å². The van der Waals surface area contributed by atoms with E-state index in [9.17, 15) is 4.57 Å². The summed E-state index contributed by atoms with van der Waals surface area (Å²) in [5.41, 5.74) is 0. The Labute approximate surface area is 146 Å². The van der Waals surface area contributed by atoms with Crippen LogP contribution in [0.1, 0.15) is 13.8 Å². The fraction of sp³-hybridized carbons (Fsp3) is 0.400. The predicted octanol–water partition coefficient (Wildman–Crippen LogP) is 7.23. The molecule has 10 heteroatoms. The second kappa shape index (κ2) is 8.14. The van der Waals surface area contributed by atoms with E-state index in [1.54, 1.807) is 13.8 Å². The zero-order valence-corrected chi connectivity index (χ0v) is 15.9. The van der Waals surface area contributed by atoms with Gasteiger partial charge in [-0.1, -0.05) is 58.0 Å². The summed E-state index contributed by atoms with van der Waals surface area (Å²) in [7, 11) is 0. The molecule has 0 saturated carbocycles. The zero-order chi connectivity index (χ0) is 15.5. The number of rotatable bonds is 6. The van der Waals surface area contributed by atoms with Gasteiger partial charge in [-0.25, -0.2) is 4.57 Å². The number of hydrogen-bond acceptors (Lipinski definition) is 4. The standard InChI is InChI=1S/C10H10Cl5O3PS/c1-3-17-19(16,18-4-2)20-10-8(14)6(12)5(11)7(13)9(10)15/h3-4H2,1-2H3. The molecule has 0 bridgehead atoms. The SMILES string of the molecule is CCOP(=O)(OCC)Sc1c(Cl)c(Cl)c(Cl)c(Cl)c1Cl. The lowest BCUT2D eigenvalue weighted by atomic mass is 10.3. The van der Waals surface area contributed by atoms with Crippen molar-refractivity contribution in [3.05, 3.63) is 25.1 Å². The molecule has 0 aliphatic carbocycles. The maximum Gasteiger partial charge on any atom is 0.393 e.